The molecule has 3 N–H and O–H groups in total. The third-order valence-electron chi connectivity index (χ3n) is 7.62. The molecule has 2 aliphatic carbocycles. The van der Waals surface area contributed by atoms with E-state index in [1.54, 1.807) is 23.5 Å². The Bertz CT molecular complexity index is 1400. The predicted octanol–water partition coefficient (Wildman–Crippen LogP) is 5.52. The molecule has 2 aromatic carbocycles. The second-order valence-electron chi connectivity index (χ2n) is 9.92. The van der Waals surface area contributed by atoms with Crippen LogP contribution in [0.1, 0.15) is 31.2 Å². The SMILES string of the molecule is NC1(c2ccc(-c3nc4n(c3-c3ccsc3)COc3cccc(F)c3-4)cc2)CC(O)(C2CC2)C1. The van der Waals surface area contributed by atoms with E-state index in [0.29, 0.717) is 35.9 Å². The lowest BCUT2D eigenvalue weighted by Gasteiger charge is -2.52. The van der Waals surface area contributed by atoms with E-state index in [1.165, 1.54) is 6.07 Å². The van der Waals surface area contributed by atoms with Crippen LogP contribution in [0.2, 0.25) is 0 Å². The maximum absolute atomic E-state index is 14.8. The van der Waals surface area contributed by atoms with E-state index in [-0.39, 0.29) is 12.5 Å². The molecule has 4 aromatic rings. The molecule has 2 saturated carbocycles. The summed E-state index contributed by atoms with van der Waals surface area (Å²) in [5.41, 5.74) is 10.7. The molecule has 5 nitrogen and oxygen atoms in total. The lowest BCUT2D eigenvalue weighted by Crippen LogP contribution is -2.60. The summed E-state index contributed by atoms with van der Waals surface area (Å²) in [4.78, 5) is 4.94. The zero-order chi connectivity index (χ0) is 23.1. The Kier molecular flexibility index (Phi) is 4.20. The zero-order valence-corrected chi connectivity index (χ0v) is 19.3. The number of fused-ring (bicyclic) bond motifs is 3. The fraction of sp³-hybridized carbons (Fsp3) is 0.296. The average Bonchev–Trinajstić information content (AvgIpc) is 3.41. The summed E-state index contributed by atoms with van der Waals surface area (Å²) in [6.45, 7) is 0.272. The van der Waals surface area contributed by atoms with Gasteiger partial charge in [-0.3, -0.25) is 4.57 Å². The van der Waals surface area contributed by atoms with Crippen molar-refractivity contribution in [3.05, 3.63) is 70.7 Å². The third kappa shape index (κ3) is 2.94. The predicted molar refractivity (Wildman–Crippen MR) is 130 cm³/mol. The fourth-order valence-corrected chi connectivity index (χ4v) is 6.39. The molecular formula is C27H24FN3O2S. The minimum atomic E-state index is -0.597. The van der Waals surface area contributed by atoms with Gasteiger partial charge in [-0.15, -0.1) is 0 Å². The summed E-state index contributed by atoms with van der Waals surface area (Å²) >= 11 is 1.61. The first-order chi connectivity index (χ1) is 16.5. The molecule has 0 unspecified atom stereocenters. The summed E-state index contributed by atoms with van der Waals surface area (Å²) in [7, 11) is 0. The van der Waals surface area contributed by atoms with Crippen molar-refractivity contribution in [2.75, 3.05) is 0 Å². The summed E-state index contributed by atoms with van der Waals surface area (Å²) in [6.07, 6.45) is 3.43. The second kappa shape index (κ2) is 7.01. The molecule has 0 atom stereocenters. The fourth-order valence-electron chi connectivity index (χ4n) is 5.75. The summed E-state index contributed by atoms with van der Waals surface area (Å²) in [5, 5.41) is 14.9. The molecule has 7 rings (SSSR count). The van der Waals surface area contributed by atoms with Gasteiger partial charge in [0.2, 0.25) is 0 Å². The topological polar surface area (TPSA) is 73.3 Å². The van der Waals surface area contributed by atoms with E-state index in [2.05, 4.69) is 5.38 Å². The van der Waals surface area contributed by atoms with Crippen LogP contribution in [0.5, 0.6) is 5.75 Å². The number of hydrogen-bond donors (Lipinski definition) is 2. The van der Waals surface area contributed by atoms with Gasteiger partial charge < -0.3 is 15.6 Å². The molecular weight excluding hydrogens is 449 g/mol. The average molecular weight is 474 g/mol. The van der Waals surface area contributed by atoms with Crippen LogP contribution in [0.4, 0.5) is 4.39 Å². The maximum atomic E-state index is 14.8. The molecule has 0 amide bonds. The molecule has 7 heteroatoms. The minimum absolute atomic E-state index is 0.272. The van der Waals surface area contributed by atoms with Gasteiger partial charge in [0.1, 0.15) is 11.6 Å². The van der Waals surface area contributed by atoms with E-state index in [9.17, 15) is 9.50 Å². The normalized spacial score (nSPS) is 25.3. The van der Waals surface area contributed by atoms with Crippen LogP contribution in [0, 0.1) is 11.7 Å². The number of thiophene rings is 1. The van der Waals surface area contributed by atoms with Crippen LogP contribution in [-0.4, -0.2) is 20.3 Å². The third-order valence-corrected chi connectivity index (χ3v) is 8.31. The molecule has 2 fully saturated rings. The molecule has 0 bridgehead atoms. The van der Waals surface area contributed by atoms with Gasteiger partial charge in [0.25, 0.3) is 0 Å². The van der Waals surface area contributed by atoms with Crippen LogP contribution < -0.4 is 10.5 Å². The molecule has 34 heavy (non-hydrogen) atoms. The molecule has 3 heterocycles. The lowest BCUT2D eigenvalue weighted by molar-refractivity contribution is -0.106. The summed E-state index contributed by atoms with van der Waals surface area (Å²) in [6, 6.07) is 15.1. The van der Waals surface area contributed by atoms with Gasteiger partial charge in [-0.05, 0) is 60.7 Å². The Balaban J connectivity index is 1.31. The number of ether oxygens (including phenoxy) is 1. The van der Waals surface area contributed by atoms with Crippen LogP contribution in [0.25, 0.3) is 33.9 Å². The Morgan fingerprint density at radius 3 is 2.59 bits per heavy atom. The van der Waals surface area contributed by atoms with Crippen molar-refractivity contribution in [3.8, 4) is 39.7 Å². The highest BCUT2D eigenvalue weighted by Crippen LogP contribution is 2.57. The first-order valence-electron chi connectivity index (χ1n) is 11.6. The molecule has 172 valence electrons. The second-order valence-corrected chi connectivity index (χ2v) is 10.7. The molecule has 0 saturated heterocycles. The van der Waals surface area contributed by atoms with Gasteiger partial charge in [-0.1, -0.05) is 30.3 Å². The van der Waals surface area contributed by atoms with E-state index in [4.69, 9.17) is 15.5 Å². The monoisotopic (exact) mass is 473 g/mol. The van der Waals surface area contributed by atoms with Crippen LogP contribution >= 0.6 is 11.3 Å². The van der Waals surface area contributed by atoms with E-state index in [1.807, 2.05) is 40.3 Å². The number of aromatic nitrogens is 2. The molecule has 2 aromatic heterocycles. The van der Waals surface area contributed by atoms with Gasteiger partial charge >= 0.3 is 0 Å². The van der Waals surface area contributed by atoms with Gasteiger partial charge in [-0.2, -0.15) is 11.3 Å². The standard InChI is InChI=1S/C27H24FN3O2S/c28-20-2-1-3-21-22(20)25-30-23(24(31(25)15-33-21)17-10-11-34-12-17)16-4-6-18(7-5-16)26(29)13-27(32,14-26)19-8-9-19/h1-7,10-12,19,32H,8-9,13-15,29H2. The van der Waals surface area contributed by atoms with Crippen molar-refractivity contribution >= 4 is 11.3 Å². The van der Waals surface area contributed by atoms with E-state index >= 15 is 0 Å². The van der Waals surface area contributed by atoms with Crippen molar-refractivity contribution in [1.82, 2.24) is 9.55 Å². The van der Waals surface area contributed by atoms with Gasteiger partial charge in [0, 0.05) is 22.0 Å². The smallest absolute Gasteiger partial charge is 0.167 e. The van der Waals surface area contributed by atoms with Gasteiger partial charge in [0.15, 0.2) is 12.6 Å². The van der Waals surface area contributed by atoms with Crippen molar-refractivity contribution in [2.45, 2.75) is 43.6 Å². The van der Waals surface area contributed by atoms with Crippen molar-refractivity contribution in [3.63, 3.8) is 0 Å². The van der Waals surface area contributed by atoms with Crippen molar-refractivity contribution in [2.24, 2.45) is 11.7 Å². The minimum Gasteiger partial charge on any atom is -0.472 e. The summed E-state index contributed by atoms with van der Waals surface area (Å²) < 4.78 is 22.7. The van der Waals surface area contributed by atoms with Crippen LogP contribution in [0.3, 0.4) is 0 Å². The van der Waals surface area contributed by atoms with Crippen LogP contribution in [0.15, 0.2) is 59.3 Å². The Morgan fingerprint density at radius 1 is 1.09 bits per heavy atom. The van der Waals surface area contributed by atoms with E-state index in [0.717, 1.165) is 40.9 Å². The maximum Gasteiger partial charge on any atom is 0.167 e. The summed E-state index contributed by atoms with van der Waals surface area (Å²) in [5.74, 6) is 1.15. The van der Waals surface area contributed by atoms with Gasteiger partial charge in [0.05, 0.1) is 22.6 Å². The van der Waals surface area contributed by atoms with E-state index < -0.39 is 11.1 Å². The molecule has 1 aliphatic heterocycles. The number of halogens is 1. The number of nitrogens with two attached hydrogens (primary N) is 1. The number of rotatable bonds is 4. The van der Waals surface area contributed by atoms with Crippen molar-refractivity contribution in [1.29, 1.82) is 0 Å². The number of imidazole rings is 1. The first-order valence-corrected chi connectivity index (χ1v) is 12.6. The van der Waals surface area contributed by atoms with Crippen LogP contribution in [-0.2, 0) is 12.3 Å². The Morgan fingerprint density at radius 2 is 1.88 bits per heavy atom. The lowest BCUT2D eigenvalue weighted by atomic mass is 9.60. The number of hydrogen-bond acceptors (Lipinski definition) is 5. The Hall–Kier alpha value is -3.00. The Labute approximate surface area is 200 Å². The number of nitrogens with zero attached hydrogens (tertiary/aromatic N) is 2. The highest BCUT2D eigenvalue weighted by atomic mass is 32.1. The highest BCUT2D eigenvalue weighted by Gasteiger charge is 2.58. The quantitative estimate of drug-likeness (QED) is 0.409. The van der Waals surface area contributed by atoms with Gasteiger partial charge in [-0.25, -0.2) is 9.37 Å². The van der Waals surface area contributed by atoms with Crippen molar-refractivity contribution < 1.29 is 14.2 Å². The molecule has 0 spiro atoms. The number of benzene rings is 2. The molecule has 3 aliphatic rings. The molecule has 0 radical (unpaired) electrons. The number of aliphatic hydroxyl groups is 1. The highest BCUT2D eigenvalue weighted by molar-refractivity contribution is 7.08. The first kappa shape index (κ1) is 20.4. The largest absolute Gasteiger partial charge is 0.472 e. The zero-order valence-electron chi connectivity index (χ0n) is 18.5.